The van der Waals surface area contributed by atoms with Crippen LogP contribution in [0.4, 0.5) is 0 Å². The average molecular weight is 252 g/mol. The van der Waals surface area contributed by atoms with Crippen LogP contribution in [0.25, 0.3) is 0 Å². The predicted molar refractivity (Wildman–Crippen MR) is 74.1 cm³/mol. The molecule has 1 N–H and O–H groups in total. The van der Waals surface area contributed by atoms with Crippen molar-refractivity contribution in [3.05, 3.63) is 28.2 Å². The molecule has 0 spiro atoms. The van der Waals surface area contributed by atoms with E-state index in [0.717, 1.165) is 38.2 Å². The Bertz CT molecular complexity index is 422. The van der Waals surface area contributed by atoms with Crippen LogP contribution in [-0.2, 0) is 13.0 Å². The molecular weight excluding hydrogens is 228 g/mol. The highest BCUT2D eigenvalue weighted by Crippen LogP contribution is 2.10. The van der Waals surface area contributed by atoms with E-state index < -0.39 is 0 Å². The standard InChI is InChI=1S/C14H24N2O2/c1-4-7-12-10-13(17)11-14(18)16(12)9-8-15(5-2)6-3/h10-11,17H,4-9H2,1-3H3. The molecule has 0 bridgehead atoms. The van der Waals surface area contributed by atoms with Crippen LogP contribution in [0.15, 0.2) is 16.9 Å². The summed E-state index contributed by atoms with van der Waals surface area (Å²) in [6, 6.07) is 2.99. The third-order valence-electron chi connectivity index (χ3n) is 3.24. The van der Waals surface area contributed by atoms with Gasteiger partial charge in [0.15, 0.2) is 0 Å². The van der Waals surface area contributed by atoms with Crippen molar-refractivity contribution in [3.8, 4) is 5.75 Å². The van der Waals surface area contributed by atoms with Crippen LogP contribution in [0, 0.1) is 0 Å². The minimum absolute atomic E-state index is 0.0718. The van der Waals surface area contributed by atoms with E-state index in [9.17, 15) is 9.90 Å². The summed E-state index contributed by atoms with van der Waals surface area (Å²) in [5, 5.41) is 9.49. The third kappa shape index (κ3) is 3.88. The lowest BCUT2D eigenvalue weighted by molar-refractivity contribution is 0.287. The molecule has 4 nitrogen and oxygen atoms in total. The van der Waals surface area contributed by atoms with E-state index in [-0.39, 0.29) is 11.3 Å². The van der Waals surface area contributed by atoms with Crippen LogP contribution >= 0.6 is 0 Å². The first-order chi connectivity index (χ1) is 8.62. The minimum atomic E-state index is -0.106. The van der Waals surface area contributed by atoms with E-state index in [0.29, 0.717) is 6.54 Å². The Labute approximate surface area is 109 Å². The Morgan fingerprint density at radius 3 is 2.44 bits per heavy atom. The number of aryl methyl sites for hydroxylation is 1. The van der Waals surface area contributed by atoms with Crippen molar-refractivity contribution >= 4 is 0 Å². The molecule has 0 radical (unpaired) electrons. The lowest BCUT2D eigenvalue weighted by atomic mass is 10.2. The highest BCUT2D eigenvalue weighted by atomic mass is 16.3. The molecule has 102 valence electrons. The Morgan fingerprint density at radius 1 is 1.22 bits per heavy atom. The smallest absolute Gasteiger partial charge is 0.254 e. The molecule has 0 saturated heterocycles. The van der Waals surface area contributed by atoms with Gasteiger partial charge in [0, 0.05) is 24.8 Å². The number of rotatable bonds is 7. The van der Waals surface area contributed by atoms with Gasteiger partial charge in [-0.3, -0.25) is 4.79 Å². The summed E-state index contributed by atoms with van der Waals surface area (Å²) in [7, 11) is 0. The van der Waals surface area contributed by atoms with Gasteiger partial charge in [0.05, 0.1) is 0 Å². The Balaban J connectivity index is 2.89. The fourth-order valence-corrected chi connectivity index (χ4v) is 2.13. The summed E-state index contributed by atoms with van der Waals surface area (Å²) in [5.41, 5.74) is 0.820. The summed E-state index contributed by atoms with van der Waals surface area (Å²) >= 11 is 0. The second-order valence-corrected chi connectivity index (χ2v) is 4.47. The summed E-state index contributed by atoms with van der Waals surface area (Å²) in [6.07, 6.45) is 1.79. The number of nitrogens with zero attached hydrogens (tertiary/aromatic N) is 2. The second-order valence-electron chi connectivity index (χ2n) is 4.47. The molecule has 1 rings (SSSR count). The fraction of sp³-hybridized carbons (Fsp3) is 0.643. The maximum absolute atomic E-state index is 11.9. The zero-order chi connectivity index (χ0) is 13.5. The topological polar surface area (TPSA) is 45.5 Å². The normalized spacial score (nSPS) is 11.1. The molecular formula is C14H24N2O2. The summed E-state index contributed by atoms with van der Waals surface area (Å²) in [4.78, 5) is 14.2. The maximum Gasteiger partial charge on any atom is 0.254 e. The van der Waals surface area contributed by atoms with E-state index in [1.54, 1.807) is 10.6 Å². The molecule has 0 saturated carbocycles. The van der Waals surface area contributed by atoms with Crippen molar-refractivity contribution in [2.75, 3.05) is 19.6 Å². The van der Waals surface area contributed by atoms with Crippen LogP contribution in [0.1, 0.15) is 32.9 Å². The molecule has 0 atom stereocenters. The Kier molecular flexibility index (Phi) is 5.92. The molecule has 0 aromatic carbocycles. The molecule has 4 heteroatoms. The highest BCUT2D eigenvalue weighted by Gasteiger charge is 2.07. The first-order valence-corrected chi connectivity index (χ1v) is 6.77. The van der Waals surface area contributed by atoms with Gasteiger partial charge in [0.1, 0.15) is 5.75 Å². The monoisotopic (exact) mass is 252 g/mol. The average Bonchev–Trinajstić information content (AvgIpc) is 2.33. The molecule has 0 amide bonds. The fourth-order valence-electron chi connectivity index (χ4n) is 2.13. The van der Waals surface area contributed by atoms with Gasteiger partial charge in [0.2, 0.25) is 0 Å². The zero-order valence-corrected chi connectivity index (χ0v) is 11.6. The van der Waals surface area contributed by atoms with Crippen molar-refractivity contribution in [2.45, 2.75) is 40.2 Å². The number of likely N-dealkylation sites (N-methyl/N-ethyl adjacent to an activating group) is 1. The van der Waals surface area contributed by atoms with Crippen LogP contribution in [-0.4, -0.2) is 34.2 Å². The second kappa shape index (κ2) is 7.21. The quantitative estimate of drug-likeness (QED) is 0.805. The van der Waals surface area contributed by atoms with Gasteiger partial charge in [0.25, 0.3) is 5.56 Å². The summed E-state index contributed by atoms with van der Waals surface area (Å²) < 4.78 is 1.78. The van der Waals surface area contributed by atoms with Crippen molar-refractivity contribution in [1.82, 2.24) is 9.47 Å². The lowest BCUT2D eigenvalue weighted by Crippen LogP contribution is -2.32. The highest BCUT2D eigenvalue weighted by molar-refractivity contribution is 5.22. The van der Waals surface area contributed by atoms with Crippen LogP contribution in [0.2, 0.25) is 0 Å². The van der Waals surface area contributed by atoms with E-state index >= 15 is 0 Å². The Hall–Kier alpha value is -1.29. The van der Waals surface area contributed by atoms with Crippen molar-refractivity contribution in [1.29, 1.82) is 0 Å². The van der Waals surface area contributed by atoms with Gasteiger partial charge in [-0.25, -0.2) is 0 Å². The molecule has 0 aliphatic carbocycles. The van der Waals surface area contributed by atoms with Crippen molar-refractivity contribution in [3.63, 3.8) is 0 Å². The van der Waals surface area contributed by atoms with Crippen LogP contribution in [0.3, 0.4) is 0 Å². The van der Waals surface area contributed by atoms with Crippen molar-refractivity contribution < 1.29 is 5.11 Å². The van der Waals surface area contributed by atoms with Crippen LogP contribution in [0.5, 0.6) is 5.75 Å². The number of pyridine rings is 1. The first kappa shape index (κ1) is 14.8. The van der Waals surface area contributed by atoms with Gasteiger partial charge in [-0.15, -0.1) is 0 Å². The molecule has 0 aliphatic rings. The van der Waals surface area contributed by atoms with E-state index in [2.05, 4.69) is 25.7 Å². The molecule has 0 aliphatic heterocycles. The predicted octanol–water partition coefficient (Wildman–Crippen LogP) is 1.85. The van der Waals surface area contributed by atoms with E-state index in [4.69, 9.17) is 0 Å². The number of hydrogen-bond acceptors (Lipinski definition) is 3. The van der Waals surface area contributed by atoms with Gasteiger partial charge in [-0.1, -0.05) is 27.2 Å². The van der Waals surface area contributed by atoms with Gasteiger partial charge in [-0.05, 0) is 25.6 Å². The molecule has 0 unspecified atom stereocenters. The Morgan fingerprint density at radius 2 is 1.89 bits per heavy atom. The summed E-state index contributed by atoms with van der Waals surface area (Å²) in [6.45, 7) is 9.86. The number of aromatic nitrogens is 1. The molecule has 18 heavy (non-hydrogen) atoms. The number of aromatic hydroxyl groups is 1. The van der Waals surface area contributed by atoms with Crippen LogP contribution < -0.4 is 5.56 Å². The SMILES string of the molecule is CCCc1cc(O)cc(=O)n1CCN(CC)CC. The number of hydrogen-bond donors (Lipinski definition) is 1. The lowest BCUT2D eigenvalue weighted by Gasteiger charge is -2.20. The van der Waals surface area contributed by atoms with Crippen molar-refractivity contribution in [2.24, 2.45) is 0 Å². The third-order valence-corrected chi connectivity index (χ3v) is 3.24. The zero-order valence-electron chi connectivity index (χ0n) is 11.6. The van der Waals surface area contributed by atoms with Gasteiger partial charge >= 0.3 is 0 Å². The molecule has 1 aromatic rings. The van der Waals surface area contributed by atoms with Gasteiger partial charge in [-0.2, -0.15) is 0 Å². The summed E-state index contributed by atoms with van der Waals surface area (Å²) in [5.74, 6) is 0.0718. The molecule has 1 aromatic heterocycles. The van der Waals surface area contributed by atoms with Gasteiger partial charge < -0.3 is 14.6 Å². The minimum Gasteiger partial charge on any atom is -0.508 e. The van der Waals surface area contributed by atoms with E-state index in [1.165, 1.54) is 6.07 Å². The largest absolute Gasteiger partial charge is 0.508 e. The first-order valence-electron chi connectivity index (χ1n) is 6.77. The van der Waals surface area contributed by atoms with E-state index in [1.807, 2.05) is 0 Å². The molecule has 0 fully saturated rings. The maximum atomic E-state index is 11.9. The molecule has 1 heterocycles.